The van der Waals surface area contributed by atoms with Crippen LogP contribution in [-0.4, -0.2) is 97.6 Å². The van der Waals surface area contributed by atoms with Crippen molar-refractivity contribution in [2.24, 2.45) is 5.92 Å². The molecule has 3 saturated heterocycles. The van der Waals surface area contributed by atoms with E-state index in [1.54, 1.807) is 4.90 Å². The maximum absolute atomic E-state index is 12.5. The molecule has 7 nitrogen and oxygen atoms in total. The van der Waals surface area contributed by atoms with Crippen LogP contribution in [0.15, 0.2) is 0 Å². The summed E-state index contributed by atoms with van der Waals surface area (Å²) in [5.74, 6) is 0.787. The second-order valence-corrected chi connectivity index (χ2v) is 7.79. The molecule has 3 heterocycles. The summed E-state index contributed by atoms with van der Waals surface area (Å²) in [5.41, 5.74) is 0. The summed E-state index contributed by atoms with van der Waals surface area (Å²) in [5, 5.41) is 3.04. The van der Waals surface area contributed by atoms with Crippen LogP contribution in [0.1, 0.15) is 26.7 Å². The van der Waals surface area contributed by atoms with Crippen LogP contribution in [0, 0.1) is 5.92 Å². The number of hydrogen-bond donors (Lipinski definition) is 1. The number of amides is 2. The summed E-state index contributed by atoms with van der Waals surface area (Å²) in [4.78, 5) is 30.4. The molecule has 0 bridgehead atoms. The summed E-state index contributed by atoms with van der Waals surface area (Å²) in [7, 11) is 0. The highest BCUT2D eigenvalue weighted by Crippen LogP contribution is 2.21. The topological polar surface area (TPSA) is 65.1 Å². The Morgan fingerprint density at radius 2 is 1.84 bits per heavy atom. The second-order valence-electron chi connectivity index (χ2n) is 7.79. The first-order chi connectivity index (χ1) is 12.0. The van der Waals surface area contributed by atoms with E-state index in [9.17, 15) is 9.59 Å². The predicted octanol–water partition coefficient (Wildman–Crippen LogP) is -0.234. The number of rotatable bonds is 4. The first kappa shape index (κ1) is 18.6. The number of piperazine rings is 1. The van der Waals surface area contributed by atoms with Crippen molar-refractivity contribution >= 4 is 11.8 Å². The fourth-order valence-corrected chi connectivity index (χ4v) is 4.24. The average molecular weight is 352 g/mol. The standard InChI is InChI=1S/C18H32N4O3/c1-14-10-20(11-15(2)25-14)12-16-3-6-21(7-4-16)18(24)13-22-8-5-19-9-17(22)23/h14-16,19H,3-13H2,1-2H3/t14-,15-/m1/s1. The smallest absolute Gasteiger partial charge is 0.242 e. The average Bonchev–Trinajstić information content (AvgIpc) is 2.56. The zero-order chi connectivity index (χ0) is 17.8. The van der Waals surface area contributed by atoms with E-state index in [0.717, 1.165) is 52.1 Å². The summed E-state index contributed by atoms with van der Waals surface area (Å²) >= 11 is 0. The third-order valence-electron chi connectivity index (χ3n) is 5.49. The largest absolute Gasteiger partial charge is 0.373 e. The third-order valence-corrected chi connectivity index (χ3v) is 5.49. The van der Waals surface area contributed by atoms with Gasteiger partial charge >= 0.3 is 0 Å². The van der Waals surface area contributed by atoms with Crippen molar-refractivity contribution < 1.29 is 14.3 Å². The molecule has 0 aromatic carbocycles. The second kappa shape index (κ2) is 8.47. The molecule has 2 atom stereocenters. The van der Waals surface area contributed by atoms with Gasteiger partial charge in [0.05, 0.1) is 25.3 Å². The SMILES string of the molecule is C[C@@H]1CN(CC2CCN(C(=O)CN3CCNCC3=O)CC2)C[C@@H](C)O1. The van der Waals surface area contributed by atoms with Gasteiger partial charge in [-0.15, -0.1) is 0 Å². The maximum Gasteiger partial charge on any atom is 0.242 e. The van der Waals surface area contributed by atoms with E-state index < -0.39 is 0 Å². The van der Waals surface area contributed by atoms with E-state index in [4.69, 9.17) is 4.74 Å². The van der Waals surface area contributed by atoms with Gasteiger partial charge in [0.2, 0.25) is 11.8 Å². The molecule has 3 rings (SSSR count). The van der Waals surface area contributed by atoms with Crippen LogP contribution in [0.25, 0.3) is 0 Å². The van der Waals surface area contributed by atoms with E-state index in [-0.39, 0.29) is 18.4 Å². The first-order valence-electron chi connectivity index (χ1n) is 9.65. The van der Waals surface area contributed by atoms with Crippen LogP contribution in [0.5, 0.6) is 0 Å². The monoisotopic (exact) mass is 352 g/mol. The number of carbonyl (C=O) groups excluding carboxylic acids is 2. The van der Waals surface area contributed by atoms with Gasteiger partial charge in [-0.2, -0.15) is 0 Å². The molecule has 7 heteroatoms. The number of piperidine rings is 1. The van der Waals surface area contributed by atoms with Crippen molar-refractivity contribution in [3.8, 4) is 0 Å². The van der Waals surface area contributed by atoms with Crippen molar-refractivity contribution in [3.05, 3.63) is 0 Å². The number of morpholine rings is 1. The van der Waals surface area contributed by atoms with Gasteiger partial charge in [0, 0.05) is 45.8 Å². The van der Waals surface area contributed by atoms with Crippen molar-refractivity contribution in [1.82, 2.24) is 20.0 Å². The number of carbonyl (C=O) groups is 2. The fourth-order valence-electron chi connectivity index (χ4n) is 4.24. The Hall–Kier alpha value is -1.18. The summed E-state index contributed by atoms with van der Waals surface area (Å²) < 4.78 is 5.80. The number of nitrogens with one attached hydrogen (secondary N) is 1. The Bertz CT molecular complexity index is 469. The van der Waals surface area contributed by atoms with E-state index >= 15 is 0 Å². The van der Waals surface area contributed by atoms with E-state index in [0.29, 0.717) is 31.2 Å². The highest BCUT2D eigenvalue weighted by molar-refractivity contribution is 5.86. The molecule has 0 unspecified atom stereocenters. The zero-order valence-electron chi connectivity index (χ0n) is 15.6. The van der Waals surface area contributed by atoms with Gasteiger partial charge in [-0.25, -0.2) is 0 Å². The van der Waals surface area contributed by atoms with Crippen molar-refractivity contribution in [2.75, 3.05) is 58.9 Å². The molecule has 2 amide bonds. The summed E-state index contributed by atoms with van der Waals surface area (Å²) in [6, 6.07) is 0. The highest BCUT2D eigenvalue weighted by atomic mass is 16.5. The Labute approximate surface area is 150 Å². The number of nitrogens with zero attached hydrogens (tertiary/aromatic N) is 3. The van der Waals surface area contributed by atoms with Crippen LogP contribution in [0.4, 0.5) is 0 Å². The third kappa shape index (κ3) is 5.15. The molecule has 0 saturated carbocycles. The lowest BCUT2D eigenvalue weighted by atomic mass is 9.95. The molecule has 0 aliphatic carbocycles. The molecule has 0 radical (unpaired) electrons. The molecule has 1 N–H and O–H groups in total. The highest BCUT2D eigenvalue weighted by Gasteiger charge is 2.29. The lowest BCUT2D eigenvalue weighted by Crippen LogP contribution is -2.53. The van der Waals surface area contributed by atoms with Crippen molar-refractivity contribution in [1.29, 1.82) is 0 Å². The number of likely N-dealkylation sites (tertiary alicyclic amines) is 1. The lowest BCUT2D eigenvalue weighted by molar-refractivity contribution is -0.142. The van der Waals surface area contributed by atoms with Crippen LogP contribution in [0.2, 0.25) is 0 Å². The van der Waals surface area contributed by atoms with Gasteiger partial charge < -0.3 is 19.9 Å². The van der Waals surface area contributed by atoms with E-state index in [2.05, 4.69) is 24.1 Å². The molecule has 0 aromatic rings. The quantitative estimate of drug-likeness (QED) is 0.757. The van der Waals surface area contributed by atoms with Gasteiger partial charge in [-0.3, -0.25) is 14.5 Å². The summed E-state index contributed by atoms with van der Waals surface area (Å²) in [6.07, 6.45) is 2.73. The minimum atomic E-state index is 0.0324. The molecule has 0 spiro atoms. The molecule has 142 valence electrons. The maximum atomic E-state index is 12.5. The molecule has 3 aliphatic heterocycles. The van der Waals surface area contributed by atoms with E-state index in [1.165, 1.54) is 0 Å². The minimum Gasteiger partial charge on any atom is -0.373 e. The molecule has 3 aliphatic rings. The summed E-state index contributed by atoms with van der Waals surface area (Å²) in [6.45, 7) is 11.0. The van der Waals surface area contributed by atoms with Gasteiger partial charge in [0.15, 0.2) is 0 Å². The number of ether oxygens (including phenoxy) is 1. The lowest BCUT2D eigenvalue weighted by Gasteiger charge is -2.40. The van der Waals surface area contributed by atoms with Gasteiger partial charge in [0.25, 0.3) is 0 Å². The van der Waals surface area contributed by atoms with Gasteiger partial charge in [-0.05, 0) is 32.6 Å². The molecule has 0 aromatic heterocycles. The van der Waals surface area contributed by atoms with Crippen molar-refractivity contribution in [3.63, 3.8) is 0 Å². The predicted molar refractivity (Wildman–Crippen MR) is 95.2 cm³/mol. The van der Waals surface area contributed by atoms with Crippen LogP contribution < -0.4 is 5.32 Å². The molecular weight excluding hydrogens is 320 g/mol. The minimum absolute atomic E-state index is 0.0324. The molecule has 3 fully saturated rings. The molecule has 25 heavy (non-hydrogen) atoms. The van der Waals surface area contributed by atoms with Gasteiger partial charge in [-0.1, -0.05) is 0 Å². The van der Waals surface area contributed by atoms with Gasteiger partial charge in [0.1, 0.15) is 0 Å². The first-order valence-corrected chi connectivity index (χ1v) is 9.65. The van der Waals surface area contributed by atoms with Crippen LogP contribution in [0.3, 0.4) is 0 Å². The Morgan fingerprint density at radius 1 is 1.16 bits per heavy atom. The normalized spacial score (nSPS) is 29.9. The fraction of sp³-hybridized carbons (Fsp3) is 0.889. The Balaban J connectivity index is 1.40. The van der Waals surface area contributed by atoms with Crippen LogP contribution >= 0.6 is 0 Å². The Kier molecular flexibility index (Phi) is 6.30. The molecular formula is C18H32N4O3. The van der Waals surface area contributed by atoms with Crippen LogP contribution in [-0.2, 0) is 14.3 Å². The Morgan fingerprint density at radius 3 is 2.48 bits per heavy atom. The van der Waals surface area contributed by atoms with Crippen molar-refractivity contribution in [2.45, 2.75) is 38.9 Å². The zero-order valence-corrected chi connectivity index (χ0v) is 15.6. The number of hydrogen-bond acceptors (Lipinski definition) is 5. The van der Waals surface area contributed by atoms with E-state index in [1.807, 2.05) is 4.90 Å².